The fourth-order valence-electron chi connectivity index (χ4n) is 4.05. The SMILES string of the molecule is C=CC(C#CC#C[Si](CC)(CC)CC)(C#C[Si](CC)(CC)CC)C#C[Si](CC)(CC)CC. The third-order valence-corrected chi connectivity index (χ3v) is 22.2. The summed E-state index contributed by atoms with van der Waals surface area (Å²) < 4.78 is 0. The molecular formula is C29H48Si3. The molecule has 0 radical (unpaired) electrons. The van der Waals surface area contributed by atoms with Crippen LogP contribution in [0.25, 0.3) is 0 Å². The maximum absolute atomic E-state index is 4.15. The largest absolute Gasteiger partial charge is 0.169 e. The van der Waals surface area contributed by atoms with E-state index < -0.39 is 29.6 Å². The Kier molecular flexibility index (Phi) is 14.1. The van der Waals surface area contributed by atoms with Gasteiger partial charge in [-0.1, -0.05) is 86.7 Å². The number of rotatable bonds is 10. The summed E-state index contributed by atoms with van der Waals surface area (Å²) in [4.78, 5) is 0. The zero-order valence-electron chi connectivity index (χ0n) is 22.6. The van der Waals surface area contributed by atoms with Crippen molar-refractivity contribution in [2.24, 2.45) is 5.41 Å². The predicted molar refractivity (Wildman–Crippen MR) is 155 cm³/mol. The van der Waals surface area contributed by atoms with Gasteiger partial charge in [-0.25, -0.2) is 0 Å². The van der Waals surface area contributed by atoms with Gasteiger partial charge >= 0.3 is 0 Å². The molecule has 0 N–H and O–H groups in total. The van der Waals surface area contributed by atoms with Crippen molar-refractivity contribution < 1.29 is 0 Å². The van der Waals surface area contributed by atoms with Gasteiger partial charge in [0.05, 0.1) is 0 Å². The first kappa shape index (κ1) is 30.6. The molecule has 0 fully saturated rings. The highest BCUT2D eigenvalue weighted by Gasteiger charge is 2.29. The van der Waals surface area contributed by atoms with Crippen LogP contribution >= 0.6 is 0 Å². The maximum atomic E-state index is 4.15. The number of hydrogen-bond acceptors (Lipinski definition) is 0. The van der Waals surface area contributed by atoms with Crippen LogP contribution in [0.5, 0.6) is 0 Å². The van der Waals surface area contributed by atoms with Gasteiger partial charge in [-0.2, -0.15) is 0 Å². The average molecular weight is 481 g/mol. The summed E-state index contributed by atoms with van der Waals surface area (Å²) in [5, 5.41) is 0. The summed E-state index contributed by atoms with van der Waals surface area (Å²) >= 11 is 0. The third-order valence-electron chi connectivity index (χ3n) is 8.10. The highest BCUT2D eigenvalue weighted by atomic mass is 28.3. The second kappa shape index (κ2) is 14.7. The predicted octanol–water partition coefficient (Wildman–Crippen LogP) is 8.32. The molecule has 0 saturated heterocycles. The minimum absolute atomic E-state index is 0.765. The van der Waals surface area contributed by atoms with Gasteiger partial charge in [0.15, 0.2) is 5.41 Å². The first-order valence-corrected chi connectivity index (χ1v) is 20.9. The molecule has 0 atom stereocenters. The van der Waals surface area contributed by atoms with Gasteiger partial charge in [0.25, 0.3) is 0 Å². The highest BCUT2D eigenvalue weighted by molar-refractivity contribution is 6.88. The quantitative estimate of drug-likeness (QED) is 0.167. The van der Waals surface area contributed by atoms with Crippen LogP contribution in [0.4, 0.5) is 0 Å². The third kappa shape index (κ3) is 8.20. The molecule has 0 heterocycles. The molecule has 0 aliphatic rings. The molecule has 0 aromatic carbocycles. The fourth-order valence-corrected chi connectivity index (χ4v) is 11.4. The Morgan fingerprint density at radius 1 is 0.500 bits per heavy atom. The molecular weight excluding hydrogens is 433 g/mol. The monoisotopic (exact) mass is 480 g/mol. The Hall–Kier alpha value is -1.37. The summed E-state index contributed by atoms with van der Waals surface area (Å²) in [6.45, 7) is 24.7. The molecule has 0 bridgehead atoms. The van der Waals surface area contributed by atoms with Crippen molar-refractivity contribution in [3.8, 4) is 46.2 Å². The second-order valence-corrected chi connectivity index (χ2v) is 23.8. The van der Waals surface area contributed by atoms with Crippen molar-refractivity contribution in [2.75, 3.05) is 0 Å². The molecule has 0 aliphatic heterocycles. The van der Waals surface area contributed by atoms with Crippen LogP contribution in [0.2, 0.25) is 54.4 Å². The van der Waals surface area contributed by atoms with E-state index >= 15 is 0 Å². The van der Waals surface area contributed by atoms with Crippen LogP contribution < -0.4 is 0 Å². The van der Waals surface area contributed by atoms with Crippen LogP contribution in [-0.2, 0) is 0 Å². The number of allylic oxidation sites excluding steroid dienone is 1. The summed E-state index contributed by atoms with van der Waals surface area (Å²) in [6, 6.07) is 10.6. The van der Waals surface area contributed by atoms with E-state index in [-0.39, 0.29) is 0 Å². The molecule has 0 saturated carbocycles. The first-order chi connectivity index (χ1) is 15.2. The molecule has 0 aromatic heterocycles. The van der Waals surface area contributed by atoms with E-state index in [1.165, 1.54) is 54.4 Å². The Morgan fingerprint density at radius 2 is 0.812 bits per heavy atom. The van der Waals surface area contributed by atoms with Crippen LogP contribution in [0.3, 0.4) is 0 Å². The first-order valence-electron chi connectivity index (χ1n) is 13.0. The lowest BCUT2D eigenvalue weighted by Crippen LogP contribution is -2.31. The van der Waals surface area contributed by atoms with Gasteiger partial charge in [-0.15, -0.1) is 16.6 Å². The van der Waals surface area contributed by atoms with Crippen LogP contribution in [0.1, 0.15) is 62.3 Å². The van der Waals surface area contributed by atoms with Crippen molar-refractivity contribution in [3.05, 3.63) is 12.7 Å². The van der Waals surface area contributed by atoms with Crippen LogP contribution in [0, 0.1) is 51.6 Å². The van der Waals surface area contributed by atoms with E-state index in [4.69, 9.17) is 0 Å². The molecule has 0 rings (SSSR count). The zero-order valence-corrected chi connectivity index (χ0v) is 25.6. The van der Waals surface area contributed by atoms with E-state index in [0.29, 0.717) is 0 Å². The molecule has 3 heteroatoms. The van der Waals surface area contributed by atoms with Crippen molar-refractivity contribution in [1.29, 1.82) is 0 Å². The molecule has 0 unspecified atom stereocenters. The number of hydrogen-bond donors (Lipinski definition) is 0. The minimum atomic E-state index is -1.60. The van der Waals surface area contributed by atoms with Gasteiger partial charge in [-0.3, -0.25) is 0 Å². The van der Waals surface area contributed by atoms with Crippen molar-refractivity contribution in [1.82, 2.24) is 0 Å². The standard InChI is InChI=1S/C29H48Si3/c1-11-29(24-27-31(15-5,16-6)17-7,25-28-32(18-8,19-9)20-10)23-21-22-26-30(12-2,13-3)14-4/h11H,1,12-20H2,2-10H3. The van der Waals surface area contributed by atoms with E-state index in [1.54, 1.807) is 0 Å². The highest BCUT2D eigenvalue weighted by Crippen LogP contribution is 2.24. The smallest absolute Gasteiger partial charge is 0.128 e. The second-order valence-electron chi connectivity index (χ2n) is 9.04. The van der Waals surface area contributed by atoms with Gasteiger partial charge < -0.3 is 0 Å². The Morgan fingerprint density at radius 3 is 1.09 bits per heavy atom. The van der Waals surface area contributed by atoms with E-state index in [0.717, 1.165) is 0 Å². The van der Waals surface area contributed by atoms with Gasteiger partial charge in [0.2, 0.25) is 0 Å². The summed E-state index contributed by atoms with van der Waals surface area (Å²) in [5.74, 6) is 17.0. The van der Waals surface area contributed by atoms with Gasteiger partial charge in [-0.05, 0) is 72.3 Å². The summed E-state index contributed by atoms with van der Waals surface area (Å²) in [6.07, 6.45) is 1.88. The van der Waals surface area contributed by atoms with Crippen molar-refractivity contribution in [2.45, 2.75) is 117 Å². The van der Waals surface area contributed by atoms with Crippen LogP contribution in [0.15, 0.2) is 12.7 Å². The lowest BCUT2D eigenvalue weighted by molar-refractivity contribution is 0.945. The van der Waals surface area contributed by atoms with Gasteiger partial charge in [0, 0.05) is 0 Å². The summed E-state index contributed by atoms with van der Waals surface area (Å²) in [7, 11) is -4.70. The molecule has 0 spiro atoms. The molecule has 176 valence electrons. The zero-order chi connectivity index (χ0) is 24.7. The Balaban J connectivity index is 6.71. The Bertz CT molecular complexity index is 761. The Labute approximate surface area is 204 Å². The van der Waals surface area contributed by atoms with Crippen molar-refractivity contribution >= 4 is 24.2 Å². The topological polar surface area (TPSA) is 0 Å². The maximum Gasteiger partial charge on any atom is 0.169 e. The molecule has 0 aromatic rings. The van der Waals surface area contributed by atoms with E-state index in [2.05, 4.69) is 115 Å². The van der Waals surface area contributed by atoms with Crippen LogP contribution in [-0.4, -0.2) is 24.2 Å². The van der Waals surface area contributed by atoms with E-state index in [9.17, 15) is 0 Å². The van der Waals surface area contributed by atoms with Gasteiger partial charge in [0.1, 0.15) is 24.2 Å². The normalized spacial score (nSPS) is 11.5. The fraction of sp³-hybridized carbons (Fsp3) is 0.655. The molecule has 32 heavy (non-hydrogen) atoms. The molecule has 0 nitrogen and oxygen atoms in total. The lowest BCUT2D eigenvalue weighted by atomic mass is 9.91. The summed E-state index contributed by atoms with van der Waals surface area (Å²) in [5.41, 5.74) is 10.3. The lowest BCUT2D eigenvalue weighted by Gasteiger charge is -2.23. The molecule has 0 aliphatic carbocycles. The van der Waals surface area contributed by atoms with E-state index in [1.807, 2.05) is 6.08 Å². The minimum Gasteiger partial charge on any atom is -0.128 e. The molecule has 0 amide bonds. The average Bonchev–Trinajstić information content (AvgIpc) is 2.86. The van der Waals surface area contributed by atoms with Crippen molar-refractivity contribution in [3.63, 3.8) is 0 Å².